The quantitative estimate of drug-likeness (QED) is 0.834. The average Bonchev–Trinajstić information content (AvgIpc) is 2.75. The molecule has 0 fully saturated rings. The second kappa shape index (κ2) is 6.32. The maximum Gasteiger partial charge on any atom is 0.194 e. The fraction of sp³-hybridized carbons (Fsp3) is 0.333. The van der Waals surface area contributed by atoms with Gasteiger partial charge in [-0.25, -0.2) is 13.2 Å². The van der Waals surface area contributed by atoms with E-state index in [1.807, 2.05) is 13.0 Å². The van der Waals surface area contributed by atoms with Gasteiger partial charge in [-0.2, -0.15) is 0 Å². The first kappa shape index (κ1) is 15.6. The first-order valence-electron chi connectivity index (χ1n) is 6.47. The van der Waals surface area contributed by atoms with Gasteiger partial charge in [0.15, 0.2) is 17.5 Å². The molecule has 6 heteroatoms. The van der Waals surface area contributed by atoms with E-state index in [-0.39, 0.29) is 12.2 Å². The van der Waals surface area contributed by atoms with Crippen molar-refractivity contribution in [2.24, 2.45) is 0 Å². The van der Waals surface area contributed by atoms with Gasteiger partial charge in [0.1, 0.15) is 11.5 Å². The van der Waals surface area contributed by atoms with Crippen molar-refractivity contribution in [3.05, 3.63) is 58.3 Å². The van der Waals surface area contributed by atoms with E-state index in [1.165, 1.54) is 0 Å². The summed E-state index contributed by atoms with van der Waals surface area (Å²) >= 11 is 0. The molecule has 0 saturated carbocycles. The van der Waals surface area contributed by atoms with Crippen molar-refractivity contribution in [2.75, 3.05) is 6.61 Å². The molecule has 0 aliphatic rings. The summed E-state index contributed by atoms with van der Waals surface area (Å²) in [5, 5.41) is 12.3. The number of halogens is 3. The molecule has 0 amide bonds. The molecule has 1 atom stereocenters. The Morgan fingerprint density at radius 2 is 1.76 bits per heavy atom. The third kappa shape index (κ3) is 3.46. The Hall–Kier alpha value is -1.79. The van der Waals surface area contributed by atoms with Gasteiger partial charge < -0.3 is 14.8 Å². The zero-order valence-corrected chi connectivity index (χ0v) is 11.7. The number of hydrogen-bond donors (Lipinski definition) is 2. The number of aliphatic hydroxyl groups is 1. The minimum absolute atomic E-state index is 0.145. The molecule has 21 heavy (non-hydrogen) atoms. The molecule has 114 valence electrons. The number of nitrogens with one attached hydrogen (secondary N) is 1. The highest BCUT2D eigenvalue weighted by molar-refractivity contribution is 5.24. The summed E-state index contributed by atoms with van der Waals surface area (Å²) in [7, 11) is 0. The van der Waals surface area contributed by atoms with E-state index in [2.05, 4.69) is 5.32 Å². The van der Waals surface area contributed by atoms with Crippen LogP contribution in [0.4, 0.5) is 13.2 Å². The van der Waals surface area contributed by atoms with Crippen LogP contribution in [-0.4, -0.2) is 11.7 Å². The Kier molecular flexibility index (Phi) is 4.69. The molecule has 2 N–H and O–H groups in total. The number of aliphatic hydroxyl groups excluding tert-OH is 1. The zero-order chi connectivity index (χ0) is 15.6. The molecule has 0 aliphatic heterocycles. The Balaban J connectivity index is 2.15. The second-order valence-electron chi connectivity index (χ2n) is 4.85. The predicted octanol–water partition coefficient (Wildman–Crippen LogP) is 3.14. The molecular formula is C15H16F3NO2. The molecule has 2 rings (SSSR count). The lowest BCUT2D eigenvalue weighted by atomic mass is 10.1. The molecule has 1 heterocycles. The van der Waals surface area contributed by atoms with Gasteiger partial charge in [0, 0.05) is 12.1 Å². The summed E-state index contributed by atoms with van der Waals surface area (Å²) in [5.41, 5.74) is 1.03. The largest absolute Gasteiger partial charge is 0.466 e. The van der Waals surface area contributed by atoms with Crippen molar-refractivity contribution in [1.82, 2.24) is 5.32 Å². The van der Waals surface area contributed by atoms with Crippen molar-refractivity contribution in [2.45, 2.75) is 26.4 Å². The fourth-order valence-corrected chi connectivity index (χ4v) is 2.16. The second-order valence-corrected chi connectivity index (χ2v) is 4.85. The third-order valence-corrected chi connectivity index (χ3v) is 3.27. The van der Waals surface area contributed by atoms with Crippen LogP contribution in [0.25, 0.3) is 0 Å². The summed E-state index contributed by atoms with van der Waals surface area (Å²) in [5.74, 6) is -2.59. The van der Waals surface area contributed by atoms with E-state index in [0.29, 0.717) is 6.54 Å². The molecule has 1 aromatic heterocycles. The summed E-state index contributed by atoms with van der Waals surface area (Å²) < 4.78 is 44.8. The van der Waals surface area contributed by atoms with Gasteiger partial charge >= 0.3 is 0 Å². The summed E-state index contributed by atoms with van der Waals surface area (Å²) in [6, 6.07) is 2.88. The fourth-order valence-electron chi connectivity index (χ4n) is 2.16. The van der Waals surface area contributed by atoms with Crippen molar-refractivity contribution < 1.29 is 22.7 Å². The minimum atomic E-state index is -1.52. The number of aryl methyl sites for hydroxylation is 2. The number of benzene rings is 1. The van der Waals surface area contributed by atoms with E-state index in [4.69, 9.17) is 4.42 Å². The lowest BCUT2D eigenvalue weighted by Gasteiger charge is -2.17. The maximum atomic E-state index is 13.2. The summed E-state index contributed by atoms with van der Waals surface area (Å²) in [4.78, 5) is 0. The Morgan fingerprint density at radius 3 is 2.24 bits per heavy atom. The molecule has 0 aliphatic carbocycles. The smallest absolute Gasteiger partial charge is 0.194 e. The topological polar surface area (TPSA) is 45.4 Å². The van der Waals surface area contributed by atoms with Crippen molar-refractivity contribution in [1.29, 1.82) is 0 Å². The lowest BCUT2D eigenvalue weighted by Crippen LogP contribution is -2.24. The minimum Gasteiger partial charge on any atom is -0.466 e. The molecule has 3 nitrogen and oxygen atoms in total. The third-order valence-electron chi connectivity index (χ3n) is 3.27. The van der Waals surface area contributed by atoms with E-state index in [0.717, 1.165) is 29.2 Å². The summed E-state index contributed by atoms with van der Waals surface area (Å²) in [6.45, 7) is 3.59. The predicted molar refractivity (Wildman–Crippen MR) is 71.2 cm³/mol. The molecule has 0 saturated heterocycles. The molecular weight excluding hydrogens is 283 g/mol. The van der Waals surface area contributed by atoms with Crippen LogP contribution in [0.5, 0.6) is 0 Å². The molecule has 0 spiro atoms. The van der Waals surface area contributed by atoms with Gasteiger partial charge in [-0.3, -0.25) is 0 Å². The van der Waals surface area contributed by atoms with Crippen molar-refractivity contribution in [3.63, 3.8) is 0 Å². The van der Waals surface area contributed by atoms with Crippen LogP contribution in [0.1, 0.15) is 28.7 Å². The molecule has 2 aromatic rings. The Labute approximate surface area is 120 Å². The van der Waals surface area contributed by atoms with E-state index < -0.39 is 23.5 Å². The number of hydrogen-bond acceptors (Lipinski definition) is 3. The van der Waals surface area contributed by atoms with Crippen LogP contribution >= 0.6 is 0 Å². The van der Waals surface area contributed by atoms with Crippen molar-refractivity contribution >= 4 is 0 Å². The van der Waals surface area contributed by atoms with E-state index in [9.17, 15) is 18.3 Å². The number of rotatable bonds is 5. The van der Waals surface area contributed by atoms with Gasteiger partial charge in [0.2, 0.25) is 0 Å². The van der Waals surface area contributed by atoms with Crippen LogP contribution in [-0.2, 0) is 6.54 Å². The van der Waals surface area contributed by atoms with Crippen LogP contribution < -0.4 is 5.32 Å². The monoisotopic (exact) mass is 299 g/mol. The normalized spacial score (nSPS) is 12.7. The molecule has 0 bridgehead atoms. The summed E-state index contributed by atoms with van der Waals surface area (Å²) in [6.07, 6.45) is 0. The molecule has 0 radical (unpaired) electrons. The molecule has 1 unspecified atom stereocenters. The lowest BCUT2D eigenvalue weighted by molar-refractivity contribution is 0.242. The standard InChI is InChI=1S/C15H16F3NO2/c1-8-3-11(9(2)21-8)6-19-14(7-20)10-4-12(16)15(18)13(17)5-10/h3-5,14,19-20H,6-7H2,1-2H3. The first-order chi connectivity index (χ1) is 9.92. The average molecular weight is 299 g/mol. The van der Waals surface area contributed by atoms with Crippen molar-refractivity contribution in [3.8, 4) is 0 Å². The van der Waals surface area contributed by atoms with Crippen LogP contribution in [0, 0.1) is 31.3 Å². The van der Waals surface area contributed by atoms with Gasteiger partial charge in [-0.1, -0.05) is 0 Å². The maximum absolute atomic E-state index is 13.2. The number of furan rings is 1. The van der Waals surface area contributed by atoms with Gasteiger partial charge in [0.25, 0.3) is 0 Å². The Bertz CT molecular complexity index is 617. The van der Waals surface area contributed by atoms with Crippen LogP contribution in [0.3, 0.4) is 0 Å². The van der Waals surface area contributed by atoms with Crippen LogP contribution in [0.15, 0.2) is 22.6 Å². The highest BCUT2D eigenvalue weighted by Gasteiger charge is 2.17. The highest BCUT2D eigenvalue weighted by atomic mass is 19.2. The SMILES string of the molecule is Cc1cc(CNC(CO)c2cc(F)c(F)c(F)c2)c(C)o1. The van der Waals surface area contributed by atoms with E-state index in [1.54, 1.807) is 6.92 Å². The van der Waals surface area contributed by atoms with Gasteiger partial charge in [-0.05, 0) is 37.6 Å². The van der Waals surface area contributed by atoms with E-state index >= 15 is 0 Å². The van der Waals surface area contributed by atoms with Crippen LogP contribution in [0.2, 0.25) is 0 Å². The van der Waals surface area contributed by atoms with Gasteiger partial charge in [-0.15, -0.1) is 0 Å². The highest BCUT2D eigenvalue weighted by Crippen LogP contribution is 2.20. The molecule has 1 aromatic carbocycles. The Morgan fingerprint density at radius 1 is 1.14 bits per heavy atom. The first-order valence-corrected chi connectivity index (χ1v) is 6.47. The van der Waals surface area contributed by atoms with Gasteiger partial charge in [0.05, 0.1) is 12.6 Å². The zero-order valence-electron chi connectivity index (χ0n) is 11.7.